The van der Waals surface area contributed by atoms with Gasteiger partial charge in [0.05, 0.1) is 13.1 Å². The summed E-state index contributed by atoms with van der Waals surface area (Å²) in [6.07, 6.45) is 3.61. The van der Waals surface area contributed by atoms with E-state index in [-0.39, 0.29) is 18.9 Å². The fraction of sp³-hybridized carbons (Fsp3) is 0.538. The number of carbonyl (C=O) groups excluding carboxylic acids is 2. The van der Waals surface area contributed by atoms with Crippen LogP contribution in [0.5, 0.6) is 0 Å². The smallest absolute Gasteiger partial charge is 0.231 e. The number of nitrogens with two attached hydrogens (primary N) is 1. The highest BCUT2D eigenvalue weighted by atomic mass is 16.1. The Bertz CT molecular complexity index is 424. The van der Waals surface area contributed by atoms with Crippen molar-refractivity contribution in [1.29, 1.82) is 0 Å². The van der Waals surface area contributed by atoms with E-state index in [2.05, 4.69) is 0 Å². The summed E-state index contributed by atoms with van der Waals surface area (Å²) in [6, 6.07) is 1.78. The predicted molar refractivity (Wildman–Crippen MR) is 70.2 cm³/mol. The lowest BCUT2D eigenvalue weighted by Crippen LogP contribution is -2.39. The zero-order valence-electron chi connectivity index (χ0n) is 11.2. The standard InChI is InChI=1S/C13H21N3O2/c1-10(2)6-16(9-13(14)18)8-12(17)11-4-5-15(3)7-11/h4-5,7,10H,6,8-9H2,1-3H3,(H2,14,18). The third-order valence-corrected chi connectivity index (χ3v) is 2.52. The quantitative estimate of drug-likeness (QED) is 0.723. The minimum absolute atomic E-state index is 0.0116. The molecular weight excluding hydrogens is 230 g/mol. The van der Waals surface area contributed by atoms with Gasteiger partial charge < -0.3 is 10.3 Å². The molecule has 0 aliphatic carbocycles. The molecule has 0 unspecified atom stereocenters. The number of aromatic nitrogens is 1. The monoisotopic (exact) mass is 251 g/mol. The Morgan fingerprint density at radius 2 is 2.06 bits per heavy atom. The van der Waals surface area contributed by atoms with Gasteiger partial charge in [-0.05, 0) is 12.0 Å². The molecule has 0 radical (unpaired) electrons. The van der Waals surface area contributed by atoms with Crippen molar-refractivity contribution >= 4 is 11.7 Å². The van der Waals surface area contributed by atoms with Gasteiger partial charge in [-0.2, -0.15) is 0 Å². The maximum absolute atomic E-state index is 12.0. The van der Waals surface area contributed by atoms with Crippen molar-refractivity contribution in [3.8, 4) is 0 Å². The second kappa shape index (κ2) is 6.35. The van der Waals surface area contributed by atoms with Gasteiger partial charge in [-0.15, -0.1) is 0 Å². The van der Waals surface area contributed by atoms with E-state index in [4.69, 9.17) is 5.73 Å². The maximum atomic E-state index is 12.0. The second-order valence-electron chi connectivity index (χ2n) is 5.02. The van der Waals surface area contributed by atoms with Crippen LogP contribution in [0.4, 0.5) is 0 Å². The van der Waals surface area contributed by atoms with E-state index in [0.717, 1.165) is 0 Å². The zero-order chi connectivity index (χ0) is 13.7. The number of rotatable bonds is 7. The molecule has 1 aromatic heterocycles. The summed E-state index contributed by atoms with van der Waals surface area (Å²) in [5.41, 5.74) is 5.85. The molecule has 0 aliphatic heterocycles. The number of carbonyl (C=O) groups is 2. The normalized spacial score (nSPS) is 11.2. The van der Waals surface area contributed by atoms with Gasteiger partial charge in [0.15, 0.2) is 5.78 Å². The van der Waals surface area contributed by atoms with Crippen LogP contribution in [0.1, 0.15) is 24.2 Å². The third-order valence-electron chi connectivity index (χ3n) is 2.52. The molecule has 0 aliphatic rings. The molecule has 1 amide bonds. The fourth-order valence-corrected chi connectivity index (χ4v) is 1.88. The molecule has 18 heavy (non-hydrogen) atoms. The van der Waals surface area contributed by atoms with Crippen molar-refractivity contribution in [2.75, 3.05) is 19.6 Å². The summed E-state index contributed by atoms with van der Waals surface area (Å²) in [4.78, 5) is 24.8. The molecule has 1 aromatic rings. The van der Waals surface area contributed by atoms with Crippen LogP contribution < -0.4 is 5.73 Å². The first-order chi connectivity index (χ1) is 8.38. The van der Waals surface area contributed by atoms with E-state index in [0.29, 0.717) is 18.0 Å². The van der Waals surface area contributed by atoms with Crippen LogP contribution in [-0.2, 0) is 11.8 Å². The van der Waals surface area contributed by atoms with Gasteiger partial charge in [0, 0.05) is 31.5 Å². The zero-order valence-corrected chi connectivity index (χ0v) is 11.2. The summed E-state index contributed by atoms with van der Waals surface area (Å²) < 4.78 is 1.83. The van der Waals surface area contributed by atoms with Crippen LogP contribution >= 0.6 is 0 Å². The Balaban J connectivity index is 2.64. The fourth-order valence-electron chi connectivity index (χ4n) is 1.88. The van der Waals surface area contributed by atoms with Crippen molar-refractivity contribution in [2.45, 2.75) is 13.8 Å². The molecule has 5 nitrogen and oxygen atoms in total. The first kappa shape index (κ1) is 14.4. The average molecular weight is 251 g/mol. The lowest BCUT2D eigenvalue weighted by molar-refractivity contribution is -0.119. The number of Topliss-reactive ketones (excluding diaryl/α,β-unsaturated/α-hetero) is 1. The average Bonchev–Trinajstić information content (AvgIpc) is 2.62. The number of amides is 1. The van der Waals surface area contributed by atoms with Crippen molar-refractivity contribution in [3.63, 3.8) is 0 Å². The van der Waals surface area contributed by atoms with Gasteiger partial charge in [-0.1, -0.05) is 13.8 Å². The van der Waals surface area contributed by atoms with Crippen LogP contribution in [0, 0.1) is 5.92 Å². The van der Waals surface area contributed by atoms with E-state index >= 15 is 0 Å². The Morgan fingerprint density at radius 3 is 2.50 bits per heavy atom. The Kier molecular flexibility index (Phi) is 5.09. The number of hydrogen-bond donors (Lipinski definition) is 1. The molecule has 0 bridgehead atoms. The van der Waals surface area contributed by atoms with Gasteiger partial charge in [0.25, 0.3) is 0 Å². The summed E-state index contributed by atoms with van der Waals surface area (Å²) in [5.74, 6) is -0.0121. The summed E-state index contributed by atoms with van der Waals surface area (Å²) in [6.45, 7) is 5.12. The Hall–Kier alpha value is -1.62. The molecule has 0 aromatic carbocycles. The Morgan fingerprint density at radius 1 is 1.39 bits per heavy atom. The first-order valence-electron chi connectivity index (χ1n) is 6.04. The number of nitrogens with zero attached hydrogens (tertiary/aromatic N) is 2. The van der Waals surface area contributed by atoms with Crippen molar-refractivity contribution in [3.05, 3.63) is 24.0 Å². The lowest BCUT2D eigenvalue weighted by atomic mass is 10.1. The first-order valence-corrected chi connectivity index (χ1v) is 6.04. The highest BCUT2D eigenvalue weighted by Crippen LogP contribution is 2.05. The van der Waals surface area contributed by atoms with Crippen LogP contribution in [0.3, 0.4) is 0 Å². The summed E-state index contributed by atoms with van der Waals surface area (Å²) >= 11 is 0. The van der Waals surface area contributed by atoms with E-state index in [1.165, 1.54) is 0 Å². The van der Waals surface area contributed by atoms with Crippen LogP contribution in [0.15, 0.2) is 18.5 Å². The number of hydrogen-bond acceptors (Lipinski definition) is 3. The molecule has 1 heterocycles. The second-order valence-corrected chi connectivity index (χ2v) is 5.02. The largest absolute Gasteiger partial charge is 0.369 e. The highest BCUT2D eigenvalue weighted by Gasteiger charge is 2.16. The molecule has 5 heteroatoms. The molecule has 0 atom stereocenters. The van der Waals surface area contributed by atoms with Gasteiger partial charge in [-0.25, -0.2) is 0 Å². The Labute approximate surface area is 108 Å². The SMILES string of the molecule is CC(C)CN(CC(N)=O)CC(=O)c1ccn(C)c1. The molecule has 0 spiro atoms. The van der Waals surface area contributed by atoms with E-state index in [1.54, 1.807) is 17.2 Å². The van der Waals surface area contributed by atoms with Crippen molar-refractivity contribution in [2.24, 2.45) is 18.7 Å². The molecular formula is C13H21N3O2. The molecule has 0 fully saturated rings. The molecule has 1 rings (SSSR count). The van der Waals surface area contributed by atoms with E-state index < -0.39 is 5.91 Å². The highest BCUT2D eigenvalue weighted by molar-refractivity contribution is 5.97. The van der Waals surface area contributed by atoms with Crippen LogP contribution in [0.25, 0.3) is 0 Å². The van der Waals surface area contributed by atoms with Gasteiger partial charge in [0.1, 0.15) is 0 Å². The molecule has 100 valence electrons. The predicted octanol–water partition coefficient (Wildman–Crippen LogP) is 0.651. The molecule has 2 N–H and O–H groups in total. The van der Waals surface area contributed by atoms with Gasteiger partial charge in [0.2, 0.25) is 5.91 Å². The van der Waals surface area contributed by atoms with Crippen molar-refractivity contribution < 1.29 is 9.59 Å². The van der Waals surface area contributed by atoms with Gasteiger partial charge >= 0.3 is 0 Å². The summed E-state index contributed by atoms with van der Waals surface area (Å²) in [7, 11) is 1.87. The third kappa shape index (κ3) is 4.71. The maximum Gasteiger partial charge on any atom is 0.231 e. The van der Waals surface area contributed by atoms with E-state index in [9.17, 15) is 9.59 Å². The minimum Gasteiger partial charge on any atom is -0.369 e. The number of aryl methyl sites for hydroxylation is 1. The lowest BCUT2D eigenvalue weighted by Gasteiger charge is -2.21. The number of ketones is 1. The minimum atomic E-state index is -0.406. The topological polar surface area (TPSA) is 68.3 Å². The van der Waals surface area contributed by atoms with Crippen molar-refractivity contribution in [1.82, 2.24) is 9.47 Å². The summed E-state index contributed by atoms with van der Waals surface area (Å²) in [5, 5.41) is 0. The number of primary amides is 1. The van der Waals surface area contributed by atoms with Crippen LogP contribution in [0.2, 0.25) is 0 Å². The van der Waals surface area contributed by atoms with Crippen LogP contribution in [-0.4, -0.2) is 40.8 Å². The molecule has 0 saturated heterocycles. The van der Waals surface area contributed by atoms with Gasteiger partial charge in [-0.3, -0.25) is 14.5 Å². The molecule has 0 saturated carbocycles. The van der Waals surface area contributed by atoms with E-state index in [1.807, 2.05) is 31.7 Å².